The minimum Gasteiger partial charge on any atom is -0.349 e. The molecule has 1 saturated heterocycles. The number of nitrogens with one attached hydrogen (secondary N) is 1. The summed E-state index contributed by atoms with van der Waals surface area (Å²) in [6.07, 6.45) is 1.72. The topological polar surface area (TPSA) is 49.4 Å². The first-order valence-corrected chi connectivity index (χ1v) is 9.73. The van der Waals surface area contributed by atoms with Gasteiger partial charge in [-0.15, -0.1) is 0 Å². The molecule has 0 radical (unpaired) electrons. The third kappa shape index (κ3) is 4.13. The van der Waals surface area contributed by atoms with E-state index in [0.717, 1.165) is 6.07 Å². The highest BCUT2D eigenvalue weighted by Crippen LogP contribution is 2.49. The van der Waals surface area contributed by atoms with Crippen molar-refractivity contribution >= 4 is 11.8 Å². The van der Waals surface area contributed by atoms with E-state index < -0.39 is 23.4 Å². The van der Waals surface area contributed by atoms with Crippen LogP contribution in [-0.4, -0.2) is 35.8 Å². The van der Waals surface area contributed by atoms with Crippen molar-refractivity contribution in [2.75, 3.05) is 13.1 Å². The zero-order valence-electron chi connectivity index (χ0n) is 15.7. The molecule has 1 N–H and O–H groups in total. The van der Waals surface area contributed by atoms with E-state index in [2.05, 4.69) is 5.32 Å². The van der Waals surface area contributed by atoms with Gasteiger partial charge in [0.1, 0.15) is 17.5 Å². The van der Waals surface area contributed by atoms with Crippen LogP contribution in [0.3, 0.4) is 0 Å². The summed E-state index contributed by atoms with van der Waals surface area (Å²) in [4.78, 5) is 26.7. The Bertz CT molecular complexity index is 941. The van der Waals surface area contributed by atoms with Gasteiger partial charge in [-0.1, -0.05) is 18.2 Å². The summed E-state index contributed by atoms with van der Waals surface area (Å²) in [6.45, 7) is 0.965. The molecule has 4 nitrogen and oxygen atoms in total. The van der Waals surface area contributed by atoms with Gasteiger partial charge in [0.05, 0.1) is 5.56 Å². The molecule has 4 rings (SSSR count). The van der Waals surface area contributed by atoms with E-state index in [4.69, 9.17) is 0 Å². The number of carbonyl (C=O) groups is 2. The van der Waals surface area contributed by atoms with Crippen molar-refractivity contribution < 1.29 is 22.8 Å². The van der Waals surface area contributed by atoms with Gasteiger partial charge in [-0.05, 0) is 48.9 Å². The first-order valence-electron chi connectivity index (χ1n) is 9.73. The number of benzene rings is 2. The minimum atomic E-state index is -0.630. The maximum absolute atomic E-state index is 13.9. The average molecular weight is 402 g/mol. The van der Waals surface area contributed by atoms with Gasteiger partial charge < -0.3 is 10.2 Å². The first kappa shape index (κ1) is 19.5. The molecule has 1 saturated carbocycles. The minimum absolute atomic E-state index is 0.00755. The van der Waals surface area contributed by atoms with Gasteiger partial charge >= 0.3 is 0 Å². The van der Waals surface area contributed by atoms with Crippen molar-refractivity contribution in [2.45, 2.75) is 31.2 Å². The molecular formula is C22H21F3N2O2. The fraction of sp³-hybridized carbons (Fsp3) is 0.364. The van der Waals surface area contributed by atoms with Crippen molar-refractivity contribution in [3.63, 3.8) is 0 Å². The number of halogens is 3. The molecule has 2 atom stereocenters. The highest BCUT2D eigenvalue weighted by molar-refractivity contribution is 5.94. The molecule has 2 fully saturated rings. The van der Waals surface area contributed by atoms with Gasteiger partial charge in [0, 0.05) is 31.1 Å². The summed E-state index contributed by atoms with van der Waals surface area (Å²) in [7, 11) is 0. The molecule has 2 unspecified atom stereocenters. The molecule has 152 valence electrons. The van der Waals surface area contributed by atoms with Crippen molar-refractivity contribution in [3.8, 4) is 0 Å². The number of piperidine rings is 1. The number of carbonyl (C=O) groups excluding carboxylic acids is 2. The zero-order chi connectivity index (χ0) is 20.5. The van der Waals surface area contributed by atoms with Crippen LogP contribution in [-0.2, 0) is 4.79 Å². The third-order valence-corrected chi connectivity index (χ3v) is 5.73. The Labute approximate surface area is 166 Å². The number of rotatable bonds is 4. The maximum Gasteiger partial charge on any atom is 0.254 e. The summed E-state index contributed by atoms with van der Waals surface area (Å²) in [5, 5.41) is 2.83. The Balaban J connectivity index is 1.29. The highest BCUT2D eigenvalue weighted by Gasteiger charge is 2.47. The summed E-state index contributed by atoms with van der Waals surface area (Å²) < 4.78 is 40.7. The van der Waals surface area contributed by atoms with Crippen LogP contribution in [0, 0.1) is 23.4 Å². The lowest BCUT2D eigenvalue weighted by Crippen LogP contribution is -2.47. The Kier molecular flexibility index (Phi) is 5.30. The molecule has 1 heterocycles. The summed E-state index contributed by atoms with van der Waals surface area (Å²) in [5.41, 5.74) is 0.393. The van der Waals surface area contributed by atoms with Crippen molar-refractivity contribution in [3.05, 3.63) is 71.0 Å². The van der Waals surface area contributed by atoms with E-state index in [9.17, 15) is 22.8 Å². The molecule has 7 heteroatoms. The van der Waals surface area contributed by atoms with Gasteiger partial charge in [0.25, 0.3) is 5.91 Å². The summed E-state index contributed by atoms with van der Waals surface area (Å²) in [6, 6.07) is 9.15. The van der Waals surface area contributed by atoms with Gasteiger partial charge in [0.2, 0.25) is 5.91 Å². The Morgan fingerprint density at radius 3 is 2.38 bits per heavy atom. The molecule has 2 aromatic rings. The monoisotopic (exact) mass is 402 g/mol. The lowest BCUT2D eigenvalue weighted by Gasteiger charge is -2.32. The van der Waals surface area contributed by atoms with Crippen LogP contribution in [0.2, 0.25) is 0 Å². The highest BCUT2D eigenvalue weighted by atomic mass is 19.1. The standard InChI is InChI=1S/C22H21F3N2O2/c23-13-5-6-15(20(25)11-13)17-12-18(17)22(29)27-9-7-14(8-10-27)26-21(28)16-3-1-2-4-19(16)24/h1-6,11,14,17-18H,7-10,12H2,(H,26,28). The lowest BCUT2D eigenvalue weighted by molar-refractivity contribution is -0.133. The molecule has 2 aliphatic rings. The normalized spacial score (nSPS) is 21.7. The second-order valence-electron chi connectivity index (χ2n) is 7.67. The second-order valence-corrected chi connectivity index (χ2v) is 7.67. The van der Waals surface area contributed by atoms with Crippen molar-refractivity contribution in [1.82, 2.24) is 10.2 Å². The quantitative estimate of drug-likeness (QED) is 0.849. The van der Waals surface area contributed by atoms with Crippen LogP contribution in [0.15, 0.2) is 42.5 Å². The number of hydrogen-bond acceptors (Lipinski definition) is 2. The zero-order valence-corrected chi connectivity index (χ0v) is 15.7. The molecule has 0 aromatic heterocycles. The number of amides is 2. The van der Waals surface area contributed by atoms with Crippen molar-refractivity contribution in [2.24, 2.45) is 5.92 Å². The van der Waals surface area contributed by atoms with Crippen molar-refractivity contribution in [1.29, 1.82) is 0 Å². The summed E-state index contributed by atoms with van der Waals surface area (Å²) >= 11 is 0. The molecular weight excluding hydrogens is 381 g/mol. The van der Waals surface area contributed by atoms with Crippen LogP contribution in [0.1, 0.15) is 41.1 Å². The SMILES string of the molecule is O=C(NC1CCN(C(=O)C2CC2c2ccc(F)cc2F)CC1)c1ccccc1F. The molecule has 1 aliphatic heterocycles. The van der Waals surface area contributed by atoms with Crippen LogP contribution in [0.5, 0.6) is 0 Å². The third-order valence-electron chi connectivity index (χ3n) is 5.73. The van der Waals surface area contributed by atoms with E-state index in [0.29, 0.717) is 37.9 Å². The van der Waals surface area contributed by atoms with Gasteiger partial charge in [-0.2, -0.15) is 0 Å². The van der Waals surface area contributed by atoms with E-state index in [1.54, 1.807) is 11.0 Å². The molecule has 1 aliphatic carbocycles. The van der Waals surface area contributed by atoms with Crippen LogP contribution >= 0.6 is 0 Å². The van der Waals surface area contributed by atoms with E-state index >= 15 is 0 Å². The second kappa shape index (κ2) is 7.89. The molecule has 0 bridgehead atoms. The van der Waals surface area contributed by atoms with Crippen LogP contribution in [0.25, 0.3) is 0 Å². The van der Waals surface area contributed by atoms with Gasteiger partial charge in [-0.3, -0.25) is 9.59 Å². The Morgan fingerprint density at radius 1 is 0.966 bits per heavy atom. The van der Waals surface area contributed by atoms with Crippen LogP contribution in [0.4, 0.5) is 13.2 Å². The fourth-order valence-corrected chi connectivity index (χ4v) is 4.00. The molecule has 2 amide bonds. The maximum atomic E-state index is 13.9. The first-order chi connectivity index (χ1) is 13.9. The Hall–Kier alpha value is -2.83. The van der Waals surface area contributed by atoms with E-state index in [-0.39, 0.29) is 29.3 Å². The number of likely N-dealkylation sites (tertiary alicyclic amines) is 1. The van der Waals surface area contributed by atoms with E-state index in [1.165, 1.54) is 30.3 Å². The van der Waals surface area contributed by atoms with Crippen LogP contribution < -0.4 is 5.32 Å². The number of nitrogens with zero attached hydrogens (tertiary/aromatic N) is 1. The predicted molar refractivity (Wildman–Crippen MR) is 101 cm³/mol. The molecule has 0 spiro atoms. The lowest BCUT2D eigenvalue weighted by atomic mass is 10.0. The largest absolute Gasteiger partial charge is 0.349 e. The fourth-order valence-electron chi connectivity index (χ4n) is 4.00. The summed E-state index contributed by atoms with van der Waals surface area (Å²) in [5.74, 6) is -2.78. The van der Waals surface area contributed by atoms with Gasteiger partial charge in [-0.25, -0.2) is 13.2 Å². The smallest absolute Gasteiger partial charge is 0.254 e. The number of hydrogen-bond donors (Lipinski definition) is 1. The Morgan fingerprint density at radius 2 is 1.69 bits per heavy atom. The van der Waals surface area contributed by atoms with Gasteiger partial charge in [0.15, 0.2) is 0 Å². The molecule has 29 heavy (non-hydrogen) atoms. The molecule has 2 aromatic carbocycles. The average Bonchev–Trinajstić information content (AvgIpc) is 3.49. The predicted octanol–water partition coefficient (Wildman–Crippen LogP) is 3.63. The van der Waals surface area contributed by atoms with E-state index in [1.807, 2.05) is 0 Å².